The van der Waals surface area contributed by atoms with Crippen molar-refractivity contribution < 1.29 is 13.8 Å². The van der Waals surface area contributed by atoms with Crippen LogP contribution < -0.4 is 9.83 Å². The molecule has 1 heterocycles. The van der Waals surface area contributed by atoms with Crippen LogP contribution in [0.2, 0.25) is 0 Å². The van der Waals surface area contributed by atoms with E-state index in [4.69, 9.17) is 9.05 Å². The molecular weight excluding hydrogens is 235 g/mol. The first-order valence-electron chi connectivity index (χ1n) is 5.19. The third-order valence-electron chi connectivity index (χ3n) is 2.42. The van der Waals surface area contributed by atoms with Gasteiger partial charge in [-0.05, 0) is 24.3 Å². The molecule has 3 rings (SSSR count). The van der Waals surface area contributed by atoms with Gasteiger partial charge in [-0.2, -0.15) is 0 Å². The normalized spacial score (nSPS) is 17.9. The van der Waals surface area contributed by atoms with E-state index in [-0.39, 0.29) is 5.97 Å². The van der Waals surface area contributed by atoms with Gasteiger partial charge in [0.2, 0.25) is 0 Å². The summed E-state index contributed by atoms with van der Waals surface area (Å²) in [6.45, 7) is 0. The molecule has 0 fully saturated rings. The molecular formula is C13H9O3P. The highest BCUT2D eigenvalue weighted by Gasteiger charge is 2.29. The summed E-state index contributed by atoms with van der Waals surface area (Å²) in [6, 6.07) is 16.6. The van der Waals surface area contributed by atoms with Gasteiger partial charge in [-0.15, -0.1) is 0 Å². The molecule has 3 nitrogen and oxygen atoms in total. The molecule has 0 bridgehead atoms. The van der Waals surface area contributed by atoms with Crippen LogP contribution in [0.1, 0.15) is 10.4 Å². The quantitative estimate of drug-likeness (QED) is 0.723. The van der Waals surface area contributed by atoms with Gasteiger partial charge in [0, 0.05) is 0 Å². The molecule has 2 aromatic carbocycles. The second-order valence-electron chi connectivity index (χ2n) is 3.56. The van der Waals surface area contributed by atoms with Gasteiger partial charge in [-0.3, -0.25) is 0 Å². The second kappa shape index (κ2) is 4.19. The summed E-state index contributed by atoms with van der Waals surface area (Å²) in [7, 11) is -1.34. The number of benzene rings is 2. The summed E-state index contributed by atoms with van der Waals surface area (Å²) in [6.07, 6.45) is 0. The molecule has 0 radical (unpaired) electrons. The molecule has 1 aliphatic rings. The molecule has 4 heteroatoms. The maximum atomic E-state index is 11.8. The maximum absolute atomic E-state index is 11.8. The number of fused-ring (bicyclic) bond motifs is 1. The van der Waals surface area contributed by atoms with Crippen LogP contribution in [0.5, 0.6) is 5.75 Å². The van der Waals surface area contributed by atoms with E-state index in [2.05, 4.69) is 0 Å². The minimum atomic E-state index is -1.34. The number of carbonyl (C=O) groups is 1. The number of hydrogen-bond donors (Lipinski definition) is 0. The molecule has 0 aromatic heterocycles. The molecule has 0 spiro atoms. The van der Waals surface area contributed by atoms with Crippen molar-refractivity contribution in [3.8, 4) is 5.75 Å². The van der Waals surface area contributed by atoms with Gasteiger partial charge < -0.3 is 9.05 Å². The molecule has 1 aliphatic heterocycles. The van der Waals surface area contributed by atoms with E-state index in [0.717, 1.165) is 5.30 Å². The smallest absolute Gasteiger partial charge is 0.347 e. The molecule has 0 aliphatic carbocycles. The summed E-state index contributed by atoms with van der Waals surface area (Å²) in [5.74, 6) is 0.278. The summed E-state index contributed by atoms with van der Waals surface area (Å²) >= 11 is 0. The lowest BCUT2D eigenvalue weighted by atomic mass is 10.2. The van der Waals surface area contributed by atoms with E-state index in [1.165, 1.54) is 0 Å². The molecule has 17 heavy (non-hydrogen) atoms. The van der Waals surface area contributed by atoms with Gasteiger partial charge in [0.25, 0.3) is 0 Å². The highest BCUT2D eigenvalue weighted by Crippen LogP contribution is 2.45. The molecule has 0 N–H and O–H groups in total. The van der Waals surface area contributed by atoms with Crippen molar-refractivity contribution in [2.24, 2.45) is 0 Å². The van der Waals surface area contributed by atoms with Gasteiger partial charge >= 0.3 is 14.3 Å². The van der Waals surface area contributed by atoms with Gasteiger partial charge in [0.15, 0.2) is 0 Å². The van der Waals surface area contributed by atoms with Crippen LogP contribution in [0.15, 0.2) is 54.6 Å². The molecule has 2 aromatic rings. The van der Waals surface area contributed by atoms with Gasteiger partial charge in [-0.1, -0.05) is 30.3 Å². The Morgan fingerprint density at radius 2 is 1.53 bits per heavy atom. The average Bonchev–Trinajstić information content (AvgIpc) is 2.40. The predicted molar refractivity (Wildman–Crippen MR) is 65.5 cm³/mol. The zero-order valence-electron chi connectivity index (χ0n) is 8.87. The van der Waals surface area contributed by atoms with Gasteiger partial charge in [0.05, 0.1) is 5.30 Å². The maximum Gasteiger partial charge on any atom is 0.347 e. The van der Waals surface area contributed by atoms with Crippen LogP contribution in [0.25, 0.3) is 0 Å². The van der Waals surface area contributed by atoms with Crippen molar-refractivity contribution in [2.75, 3.05) is 0 Å². The van der Waals surface area contributed by atoms with Gasteiger partial charge in [-0.25, -0.2) is 4.79 Å². The van der Waals surface area contributed by atoms with E-state index in [1.54, 1.807) is 18.2 Å². The van der Waals surface area contributed by atoms with E-state index in [1.807, 2.05) is 36.4 Å². The van der Waals surface area contributed by atoms with Crippen LogP contribution in [0, 0.1) is 0 Å². The van der Waals surface area contributed by atoms with Crippen LogP contribution >= 0.6 is 8.38 Å². The fourth-order valence-electron chi connectivity index (χ4n) is 1.60. The van der Waals surface area contributed by atoms with Crippen molar-refractivity contribution in [1.29, 1.82) is 0 Å². The summed E-state index contributed by atoms with van der Waals surface area (Å²) in [5.41, 5.74) is 0.488. The third-order valence-corrected chi connectivity index (χ3v) is 3.84. The Labute approximate surface area is 99.9 Å². The Morgan fingerprint density at radius 3 is 2.35 bits per heavy atom. The Hall–Kier alpha value is -1.86. The van der Waals surface area contributed by atoms with Crippen molar-refractivity contribution in [3.63, 3.8) is 0 Å². The Bertz CT molecular complexity index is 554. The zero-order valence-corrected chi connectivity index (χ0v) is 9.76. The van der Waals surface area contributed by atoms with E-state index in [9.17, 15) is 4.79 Å². The van der Waals surface area contributed by atoms with E-state index >= 15 is 0 Å². The highest BCUT2D eigenvalue weighted by atomic mass is 31.2. The Kier molecular flexibility index (Phi) is 2.54. The largest absolute Gasteiger partial charge is 0.434 e. The van der Waals surface area contributed by atoms with Crippen molar-refractivity contribution >= 4 is 19.6 Å². The minimum Gasteiger partial charge on any atom is -0.434 e. The SMILES string of the molecule is O=C1OP(c2ccccc2)Oc2ccccc21. The van der Waals surface area contributed by atoms with Crippen LogP contribution in [0.3, 0.4) is 0 Å². The lowest BCUT2D eigenvalue weighted by Gasteiger charge is -2.23. The average molecular weight is 244 g/mol. The third kappa shape index (κ3) is 1.90. The van der Waals surface area contributed by atoms with Crippen LogP contribution in [0.4, 0.5) is 0 Å². The zero-order chi connectivity index (χ0) is 11.7. The fourth-order valence-corrected chi connectivity index (χ4v) is 2.85. The lowest BCUT2D eigenvalue weighted by molar-refractivity contribution is 0.0725. The first-order chi connectivity index (χ1) is 8.34. The molecule has 0 saturated carbocycles. The lowest BCUT2D eigenvalue weighted by Crippen LogP contribution is -2.17. The standard InChI is InChI=1S/C13H9O3P/c14-13-11-8-4-5-9-12(11)15-17(16-13)10-6-2-1-3-7-10/h1-9H. The van der Waals surface area contributed by atoms with Crippen LogP contribution in [-0.2, 0) is 4.52 Å². The van der Waals surface area contributed by atoms with Crippen molar-refractivity contribution in [1.82, 2.24) is 0 Å². The van der Waals surface area contributed by atoms with Gasteiger partial charge in [0.1, 0.15) is 11.3 Å². The van der Waals surface area contributed by atoms with E-state index in [0.29, 0.717) is 11.3 Å². The molecule has 0 amide bonds. The number of carbonyl (C=O) groups excluding carboxylic acids is 1. The second-order valence-corrected chi connectivity index (χ2v) is 4.95. The molecule has 84 valence electrons. The van der Waals surface area contributed by atoms with Crippen LogP contribution in [-0.4, -0.2) is 5.97 Å². The summed E-state index contributed by atoms with van der Waals surface area (Å²) in [4.78, 5) is 11.8. The summed E-state index contributed by atoms with van der Waals surface area (Å²) < 4.78 is 11.0. The minimum absolute atomic E-state index is 0.318. The predicted octanol–water partition coefficient (Wildman–Crippen LogP) is 2.87. The van der Waals surface area contributed by atoms with Crippen molar-refractivity contribution in [2.45, 2.75) is 0 Å². The molecule has 1 unspecified atom stereocenters. The first-order valence-corrected chi connectivity index (χ1v) is 6.37. The number of rotatable bonds is 1. The molecule has 1 atom stereocenters. The summed E-state index contributed by atoms with van der Waals surface area (Å²) in [5, 5.41) is 0.894. The molecule has 0 saturated heterocycles. The monoisotopic (exact) mass is 244 g/mol. The highest BCUT2D eigenvalue weighted by molar-refractivity contribution is 7.57. The van der Waals surface area contributed by atoms with E-state index < -0.39 is 8.38 Å². The first kappa shape index (κ1) is 10.3. The topological polar surface area (TPSA) is 35.5 Å². The Balaban J connectivity index is 1.97. The fraction of sp³-hybridized carbons (Fsp3) is 0. The number of para-hydroxylation sites is 1. The van der Waals surface area contributed by atoms with Crippen molar-refractivity contribution in [3.05, 3.63) is 60.2 Å². The Morgan fingerprint density at radius 1 is 0.824 bits per heavy atom. The number of hydrogen-bond acceptors (Lipinski definition) is 3.